The molecule has 0 aromatic carbocycles. The molecule has 1 atom stereocenters. The zero-order valence-corrected chi connectivity index (χ0v) is 36.8. The Kier molecular flexibility index (Phi) is 47.0. The van der Waals surface area contributed by atoms with Crippen molar-refractivity contribution in [1.29, 1.82) is 0 Å². The molecule has 1 unspecified atom stereocenters. The minimum Gasteiger partial charge on any atom is -0.463 e. The molecule has 0 spiro atoms. The molecular weight excluding hydrogens is 653 g/mol. The molecule has 0 fully saturated rings. The number of carbonyl (C=O) groups is 1. The zero-order chi connectivity index (χ0) is 38.4. The maximum Gasteiger partial charge on any atom is 0.305 e. The molecule has 0 saturated heterocycles. The van der Waals surface area contributed by atoms with Crippen molar-refractivity contribution in [3.63, 3.8) is 0 Å². The van der Waals surface area contributed by atoms with E-state index >= 15 is 0 Å². The Morgan fingerprint density at radius 1 is 0.340 bits per heavy atom. The van der Waals surface area contributed by atoms with Crippen molar-refractivity contribution in [2.24, 2.45) is 0 Å². The van der Waals surface area contributed by atoms with Crippen molar-refractivity contribution < 1.29 is 19.0 Å². The van der Waals surface area contributed by atoms with E-state index in [0.717, 1.165) is 38.9 Å². The Labute approximate surface area is 334 Å². The first-order valence-electron chi connectivity index (χ1n) is 24.6. The Bertz CT molecular complexity index is 667. The average Bonchev–Trinajstić information content (AvgIpc) is 3.16. The van der Waals surface area contributed by atoms with Crippen LogP contribution >= 0.6 is 0 Å². The van der Waals surface area contributed by atoms with Crippen molar-refractivity contribution in [2.45, 2.75) is 284 Å². The van der Waals surface area contributed by atoms with Crippen LogP contribution in [-0.2, 0) is 19.0 Å². The molecule has 0 N–H and O–H groups in total. The van der Waals surface area contributed by atoms with Crippen LogP contribution in [0.1, 0.15) is 278 Å². The zero-order valence-electron chi connectivity index (χ0n) is 36.8. The van der Waals surface area contributed by atoms with Gasteiger partial charge in [0.25, 0.3) is 0 Å². The molecule has 0 aliphatic heterocycles. The summed E-state index contributed by atoms with van der Waals surface area (Å²) < 4.78 is 18.0. The van der Waals surface area contributed by atoms with Gasteiger partial charge in [-0.1, -0.05) is 252 Å². The molecule has 0 bridgehead atoms. The van der Waals surface area contributed by atoms with Crippen molar-refractivity contribution >= 4 is 5.97 Å². The van der Waals surface area contributed by atoms with E-state index in [9.17, 15) is 4.79 Å². The molecule has 0 aromatic rings. The van der Waals surface area contributed by atoms with Crippen LogP contribution in [-0.4, -0.2) is 38.5 Å². The van der Waals surface area contributed by atoms with Gasteiger partial charge in [0.15, 0.2) is 0 Å². The van der Waals surface area contributed by atoms with E-state index < -0.39 is 0 Å². The molecule has 4 heteroatoms. The fraction of sp³-hybridized carbons (Fsp3) is 0.980. The van der Waals surface area contributed by atoms with E-state index in [4.69, 9.17) is 14.2 Å². The number of hydrogen-bond acceptors (Lipinski definition) is 4. The Hall–Kier alpha value is -0.610. The quantitative estimate of drug-likeness (QED) is 0.0459. The van der Waals surface area contributed by atoms with Crippen molar-refractivity contribution in [3.05, 3.63) is 0 Å². The maximum atomic E-state index is 12.5. The minimum atomic E-state index is -0.148. The molecule has 53 heavy (non-hydrogen) atoms. The van der Waals surface area contributed by atoms with E-state index in [1.165, 1.54) is 225 Å². The topological polar surface area (TPSA) is 44.8 Å². The van der Waals surface area contributed by atoms with Crippen LogP contribution in [0.15, 0.2) is 0 Å². The van der Waals surface area contributed by atoms with Crippen LogP contribution in [0.3, 0.4) is 0 Å². The molecule has 4 nitrogen and oxygen atoms in total. The first-order valence-corrected chi connectivity index (χ1v) is 24.6. The van der Waals surface area contributed by atoms with Gasteiger partial charge < -0.3 is 14.2 Å². The third-order valence-electron chi connectivity index (χ3n) is 11.2. The van der Waals surface area contributed by atoms with Crippen LogP contribution in [0.4, 0.5) is 0 Å². The fourth-order valence-corrected chi connectivity index (χ4v) is 7.50. The van der Waals surface area contributed by atoms with Gasteiger partial charge in [-0.15, -0.1) is 0 Å². The first kappa shape index (κ1) is 52.4. The molecule has 0 rings (SSSR count). The van der Waals surface area contributed by atoms with Crippen LogP contribution < -0.4 is 0 Å². The van der Waals surface area contributed by atoms with E-state index in [2.05, 4.69) is 20.8 Å². The first-order chi connectivity index (χ1) is 26.2. The minimum absolute atomic E-state index is 0.0733. The normalized spacial score (nSPS) is 12.1. The lowest BCUT2D eigenvalue weighted by atomic mass is 10.0. The summed E-state index contributed by atoms with van der Waals surface area (Å²) in [6.07, 6.45) is 52.9. The Balaban J connectivity index is 4.01. The number of rotatable bonds is 47. The van der Waals surface area contributed by atoms with Gasteiger partial charge in [-0.05, 0) is 19.3 Å². The molecule has 0 aliphatic rings. The highest BCUT2D eigenvalue weighted by atomic mass is 16.6. The summed E-state index contributed by atoms with van der Waals surface area (Å²) in [5.41, 5.74) is 0. The van der Waals surface area contributed by atoms with Gasteiger partial charge in [0.1, 0.15) is 12.7 Å². The van der Waals surface area contributed by atoms with Gasteiger partial charge in [-0.2, -0.15) is 0 Å². The monoisotopic (exact) mass is 751 g/mol. The van der Waals surface area contributed by atoms with Crippen molar-refractivity contribution in [2.75, 3.05) is 26.4 Å². The lowest BCUT2D eigenvalue weighted by Crippen LogP contribution is -2.28. The number of ether oxygens (including phenoxy) is 3. The highest BCUT2D eigenvalue weighted by Crippen LogP contribution is 2.16. The number of carbonyl (C=O) groups excluding carboxylic acids is 1. The van der Waals surface area contributed by atoms with Crippen molar-refractivity contribution in [3.8, 4) is 0 Å². The molecule has 0 heterocycles. The van der Waals surface area contributed by atoms with Crippen LogP contribution in [0.2, 0.25) is 0 Å². The highest BCUT2D eigenvalue weighted by Gasteiger charge is 2.13. The Morgan fingerprint density at radius 3 is 0.962 bits per heavy atom. The maximum absolute atomic E-state index is 12.5. The lowest BCUT2D eigenvalue weighted by molar-refractivity contribution is -0.150. The van der Waals surface area contributed by atoms with E-state index in [0.29, 0.717) is 19.6 Å². The van der Waals surface area contributed by atoms with Crippen LogP contribution in [0.25, 0.3) is 0 Å². The molecule has 0 amide bonds. The summed E-state index contributed by atoms with van der Waals surface area (Å²) >= 11 is 0. The van der Waals surface area contributed by atoms with Gasteiger partial charge in [0, 0.05) is 19.6 Å². The molecule has 0 saturated carbocycles. The van der Waals surface area contributed by atoms with Crippen LogP contribution in [0, 0.1) is 0 Å². The predicted molar refractivity (Wildman–Crippen MR) is 233 cm³/mol. The predicted octanol–water partition coefficient (Wildman–Crippen LogP) is 16.6. The number of unbranched alkanes of at least 4 members (excludes halogenated alkanes) is 36. The molecule has 0 aromatic heterocycles. The smallest absolute Gasteiger partial charge is 0.305 e. The third kappa shape index (κ3) is 45.7. The summed E-state index contributed by atoms with van der Waals surface area (Å²) in [6.45, 7) is 9.23. The summed E-state index contributed by atoms with van der Waals surface area (Å²) in [6, 6.07) is 0. The lowest BCUT2D eigenvalue weighted by Gasteiger charge is -2.18. The molecule has 0 aliphatic carbocycles. The molecule has 0 radical (unpaired) electrons. The SMILES string of the molecule is CCCCCCCCCCCCCCCCCCOCC(COC(=O)CCCCCCCCCCC)OCCCCCCCCCCCCCCCC. The second kappa shape index (κ2) is 47.5. The standard InChI is InChI=1S/C49H98O4/c1-4-7-10-13-16-19-21-23-25-26-27-29-32-35-38-41-44-51-46-48(47-53-49(50)43-40-37-34-31-18-15-12-9-6-3)52-45-42-39-36-33-30-28-24-22-20-17-14-11-8-5-2/h48H,4-47H2,1-3H3. The average molecular weight is 751 g/mol. The van der Waals surface area contributed by atoms with E-state index in [1.54, 1.807) is 0 Å². The highest BCUT2D eigenvalue weighted by molar-refractivity contribution is 5.69. The van der Waals surface area contributed by atoms with Gasteiger partial charge >= 0.3 is 5.97 Å². The van der Waals surface area contributed by atoms with Gasteiger partial charge in [0.2, 0.25) is 0 Å². The second-order valence-electron chi connectivity index (χ2n) is 16.7. The van der Waals surface area contributed by atoms with Gasteiger partial charge in [0.05, 0.1) is 6.61 Å². The van der Waals surface area contributed by atoms with Gasteiger partial charge in [-0.25, -0.2) is 0 Å². The number of hydrogen-bond donors (Lipinski definition) is 0. The second-order valence-corrected chi connectivity index (χ2v) is 16.7. The Morgan fingerprint density at radius 2 is 0.623 bits per heavy atom. The third-order valence-corrected chi connectivity index (χ3v) is 11.2. The summed E-state index contributed by atoms with van der Waals surface area (Å²) in [7, 11) is 0. The molecule has 318 valence electrons. The van der Waals surface area contributed by atoms with Crippen LogP contribution in [0.5, 0.6) is 0 Å². The van der Waals surface area contributed by atoms with E-state index in [-0.39, 0.29) is 12.1 Å². The van der Waals surface area contributed by atoms with Gasteiger partial charge in [-0.3, -0.25) is 4.79 Å². The van der Waals surface area contributed by atoms with Crippen molar-refractivity contribution in [1.82, 2.24) is 0 Å². The summed E-state index contributed by atoms with van der Waals surface area (Å²) in [5.74, 6) is -0.0733. The largest absolute Gasteiger partial charge is 0.463 e. The number of esters is 1. The van der Waals surface area contributed by atoms with E-state index in [1.807, 2.05) is 0 Å². The summed E-state index contributed by atoms with van der Waals surface area (Å²) in [4.78, 5) is 12.5. The fourth-order valence-electron chi connectivity index (χ4n) is 7.50. The molecular formula is C49H98O4. The summed E-state index contributed by atoms with van der Waals surface area (Å²) in [5, 5.41) is 0.